The first-order chi connectivity index (χ1) is 10.2. The fourth-order valence-corrected chi connectivity index (χ4v) is 4.07. The summed E-state index contributed by atoms with van der Waals surface area (Å²) in [7, 11) is 0. The first-order valence-electron chi connectivity index (χ1n) is 6.29. The van der Waals surface area contributed by atoms with Crippen LogP contribution >= 0.6 is 43.2 Å². The highest BCUT2D eigenvalue weighted by Gasteiger charge is 2.04. The molecule has 0 spiro atoms. The number of thiophene rings is 1. The Morgan fingerprint density at radius 1 is 1.24 bits per heavy atom. The molecule has 21 heavy (non-hydrogen) atoms. The monoisotopic (exact) mass is 426 g/mol. The van der Waals surface area contributed by atoms with Gasteiger partial charge in [0.2, 0.25) is 0 Å². The zero-order valence-electron chi connectivity index (χ0n) is 11.0. The van der Waals surface area contributed by atoms with E-state index in [1.54, 1.807) is 24.0 Å². The number of nitrogens with one attached hydrogen (secondary N) is 1. The molecule has 3 rings (SSSR count). The molecule has 2 aromatic heterocycles. The van der Waals surface area contributed by atoms with E-state index in [-0.39, 0.29) is 0 Å². The second-order valence-electron chi connectivity index (χ2n) is 4.48. The van der Waals surface area contributed by atoms with Crippen LogP contribution in [0, 0.1) is 0 Å². The Morgan fingerprint density at radius 2 is 2.14 bits per heavy atom. The number of hydrogen-bond donors (Lipinski definition) is 1. The molecule has 1 aromatic carbocycles. The Hall–Kier alpha value is -1.18. The fraction of sp³-hybridized carbons (Fsp3) is 0.143. The topological polar surface area (TPSA) is 42.7 Å². The molecule has 0 fully saturated rings. The van der Waals surface area contributed by atoms with Crippen LogP contribution in [0.1, 0.15) is 10.4 Å². The molecule has 0 unspecified atom stereocenters. The second-order valence-corrected chi connectivity index (χ2v) is 7.79. The Labute approximate surface area is 143 Å². The second kappa shape index (κ2) is 6.72. The van der Waals surface area contributed by atoms with Gasteiger partial charge in [0.1, 0.15) is 12.7 Å². The summed E-state index contributed by atoms with van der Waals surface area (Å²) < 4.78 is 4.04. The standard InChI is InChI=1S/C14H12Br2N4S/c15-13-5-12(21-14(13)16)6-18-11-3-1-2-10(4-11)7-20-9-17-8-19-20/h1-5,8-9,18H,6-7H2. The third-order valence-corrected chi connectivity index (χ3v) is 6.16. The first-order valence-corrected chi connectivity index (χ1v) is 8.70. The fourth-order valence-electron chi connectivity index (χ4n) is 1.95. The zero-order chi connectivity index (χ0) is 14.7. The van der Waals surface area contributed by atoms with Crippen molar-refractivity contribution in [3.63, 3.8) is 0 Å². The molecule has 0 radical (unpaired) electrons. The third kappa shape index (κ3) is 3.93. The van der Waals surface area contributed by atoms with Gasteiger partial charge in [0, 0.05) is 21.6 Å². The van der Waals surface area contributed by atoms with Gasteiger partial charge in [-0.3, -0.25) is 0 Å². The van der Waals surface area contributed by atoms with Gasteiger partial charge in [-0.2, -0.15) is 5.10 Å². The van der Waals surface area contributed by atoms with E-state index in [1.165, 1.54) is 10.4 Å². The number of anilines is 1. The maximum Gasteiger partial charge on any atom is 0.137 e. The summed E-state index contributed by atoms with van der Waals surface area (Å²) in [6.45, 7) is 1.53. The van der Waals surface area contributed by atoms with E-state index < -0.39 is 0 Å². The molecule has 0 saturated carbocycles. The van der Waals surface area contributed by atoms with Crippen LogP contribution in [0.2, 0.25) is 0 Å². The summed E-state index contributed by atoms with van der Waals surface area (Å²) in [6, 6.07) is 10.5. The van der Waals surface area contributed by atoms with E-state index in [0.29, 0.717) is 0 Å². The van der Waals surface area contributed by atoms with Crippen molar-refractivity contribution >= 4 is 48.9 Å². The van der Waals surface area contributed by atoms with Gasteiger partial charge in [0.05, 0.1) is 10.3 Å². The highest BCUT2D eigenvalue weighted by atomic mass is 79.9. The molecule has 7 heteroatoms. The summed E-state index contributed by atoms with van der Waals surface area (Å²) in [5.74, 6) is 0. The third-order valence-electron chi connectivity index (χ3n) is 2.90. The first kappa shape index (κ1) is 14.7. The molecule has 108 valence electrons. The van der Waals surface area contributed by atoms with E-state index >= 15 is 0 Å². The van der Waals surface area contributed by atoms with Gasteiger partial charge in [0.15, 0.2) is 0 Å². The number of rotatable bonds is 5. The van der Waals surface area contributed by atoms with Crippen molar-refractivity contribution in [2.75, 3.05) is 5.32 Å². The average molecular weight is 428 g/mol. The molecule has 0 amide bonds. The van der Waals surface area contributed by atoms with Crippen molar-refractivity contribution < 1.29 is 0 Å². The molecule has 0 saturated heterocycles. The lowest BCUT2D eigenvalue weighted by molar-refractivity contribution is 0.685. The summed E-state index contributed by atoms with van der Waals surface area (Å²) >= 11 is 8.75. The lowest BCUT2D eigenvalue weighted by Crippen LogP contribution is -2.02. The molecular weight excluding hydrogens is 416 g/mol. The van der Waals surface area contributed by atoms with Gasteiger partial charge < -0.3 is 5.32 Å². The lowest BCUT2D eigenvalue weighted by atomic mass is 10.2. The van der Waals surface area contributed by atoms with Gasteiger partial charge in [-0.25, -0.2) is 9.67 Å². The Bertz CT molecular complexity index is 705. The van der Waals surface area contributed by atoms with Crippen molar-refractivity contribution in [1.82, 2.24) is 14.8 Å². The molecule has 3 aromatic rings. The van der Waals surface area contributed by atoms with Crippen LogP contribution in [0.3, 0.4) is 0 Å². The van der Waals surface area contributed by atoms with Gasteiger partial charge in [0.25, 0.3) is 0 Å². The van der Waals surface area contributed by atoms with Crippen molar-refractivity contribution in [3.05, 3.63) is 61.7 Å². The van der Waals surface area contributed by atoms with Crippen molar-refractivity contribution in [2.45, 2.75) is 13.1 Å². The van der Waals surface area contributed by atoms with Crippen LogP contribution < -0.4 is 5.32 Å². The minimum atomic E-state index is 0.728. The van der Waals surface area contributed by atoms with Crippen LogP contribution in [-0.4, -0.2) is 14.8 Å². The molecule has 1 N–H and O–H groups in total. The number of benzene rings is 1. The summed E-state index contributed by atoms with van der Waals surface area (Å²) in [4.78, 5) is 5.23. The largest absolute Gasteiger partial charge is 0.380 e. The van der Waals surface area contributed by atoms with E-state index in [2.05, 4.69) is 77.6 Å². The number of halogens is 2. The zero-order valence-corrected chi connectivity index (χ0v) is 14.9. The van der Waals surface area contributed by atoms with Gasteiger partial charge >= 0.3 is 0 Å². The average Bonchev–Trinajstić information content (AvgIpc) is 3.08. The minimum absolute atomic E-state index is 0.728. The van der Waals surface area contributed by atoms with E-state index in [4.69, 9.17) is 0 Å². The molecule has 0 bridgehead atoms. The van der Waals surface area contributed by atoms with Gasteiger partial charge in [-0.1, -0.05) is 12.1 Å². The van der Waals surface area contributed by atoms with Crippen LogP contribution in [-0.2, 0) is 13.1 Å². The molecule has 0 aliphatic rings. The maximum atomic E-state index is 4.12. The minimum Gasteiger partial charge on any atom is -0.380 e. The van der Waals surface area contributed by atoms with Crippen LogP contribution in [0.15, 0.2) is 51.2 Å². The summed E-state index contributed by atoms with van der Waals surface area (Å²) in [5.41, 5.74) is 2.30. The number of nitrogens with zero attached hydrogens (tertiary/aromatic N) is 3. The molecule has 0 aliphatic carbocycles. The normalized spacial score (nSPS) is 10.8. The number of aromatic nitrogens is 3. The van der Waals surface area contributed by atoms with Gasteiger partial charge in [-0.15, -0.1) is 11.3 Å². The predicted molar refractivity (Wildman–Crippen MR) is 92.6 cm³/mol. The molecule has 0 aliphatic heterocycles. The van der Waals surface area contributed by atoms with Crippen molar-refractivity contribution in [1.29, 1.82) is 0 Å². The molecule has 2 heterocycles. The quantitative estimate of drug-likeness (QED) is 0.650. The maximum absolute atomic E-state index is 4.12. The Morgan fingerprint density at radius 3 is 2.86 bits per heavy atom. The predicted octanol–water partition coefficient (Wildman–Crippen LogP) is 4.53. The van der Waals surface area contributed by atoms with Crippen molar-refractivity contribution in [2.24, 2.45) is 0 Å². The number of hydrogen-bond acceptors (Lipinski definition) is 4. The van der Waals surface area contributed by atoms with Crippen LogP contribution in [0.25, 0.3) is 0 Å². The van der Waals surface area contributed by atoms with Crippen LogP contribution in [0.4, 0.5) is 5.69 Å². The van der Waals surface area contributed by atoms with E-state index in [9.17, 15) is 0 Å². The SMILES string of the molecule is Brc1cc(CNc2cccc(Cn3cncn3)c2)sc1Br. The Balaban J connectivity index is 1.65. The van der Waals surface area contributed by atoms with E-state index in [0.717, 1.165) is 27.0 Å². The van der Waals surface area contributed by atoms with Crippen LogP contribution in [0.5, 0.6) is 0 Å². The lowest BCUT2D eigenvalue weighted by Gasteiger charge is -2.07. The van der Waals surface area contributed by atoms with Crippen molar-refractivity contribution in [3.8, 4) is 0 Å². The Kier molecular flexibility index (Phi) is 4.72. The van der Waals surface area contributed by atoms with Gasteiger partial charge in [-0.05, 0) is 55.6 Å². The summed E-state index contributed by atoms with van der Waals surface area (Å²) in [5, 5.41) is 7.57. The van der Waals surface area contributed by atoms with E-state index in [1.807, 2.05) is 4.68 Å². The summed E-state index contributed by atoms with van der Waals surface area (Å²) in [6.07, 6.45) is 3.27. The highest BCUT2D eigenvalue weighted by molar-refractivity contribution is 9.13. The highest BCUT2D eigenvalue weighted by Crippen LogP contribution is 2.32. The molecular formula is C14H12Br2N4S. The molecule has 0 atom stereocenters. The smallest absolute Gasteiger partial charge is 0.137 e. The molecule has 4 nitrogen and oxygen atoms in total.